The summed E-state index contributed by atoms with van der Waals surface area (Å²) < 4.78 is 0. The number of carbonyl (C=O) groups is 2. The van der Waals surface area contributed by atoms with Gasteiger partial charge in [-0.15, -0.1) is 0 Å². The highest BCUT2D eigenvalue weighted by atomic mass is 16.7. The largest absolute Gasteiger partial charge is 0.335 e. The third-order valence-electron chi connectivity index (χ3n) is 5.44. The Kier molecular flexibility index (Phi) is 7.08. The molecule has 0 unspecified atom stereocenters. The summed E-state index contributed by atoms with van der Waals surface area (Å²) >= 11 is 0. The lowest BCUT2D eigenvalue weighted by Gasteiger charge is -2.04. The van der Waals surface area contributed by atoms with Gasteiger partial charge in [-0.3, -0.25) is 0 Å². The second-order valence-corrected chi connectivity index (χ2v) is 7.90. The molecule has 0 saturated carbocycles. The number of hydrogen-bond donors (Lipinski definition) is 0. The van der Waals surface area contributed by atoms with Gasteiger partial charge in [0.2, 0.25) is 0 Å². The highest BCUT2D eigenvalue weighted by Gasteiger charge is 2.11. The normalized spacial score (nSPS) is 12.1. The van der Waals surface area contributed by atoms with E-state index in [9.17, 15) is 9.59 Å². The van der Waals surface area contributed by atoms with Crippen LogP contribution in [-0.4, -0.2) is 23.4 Å². The first kappa shape index (κ1) is 22.9. The summed E-state index contributed by atoms with van der Waals surface area (Å²) in [5, 5.41) is 12.2. The van der Waals surface area contributed by atoms with Gasteiger partial charge in [-0.1, -0.05) is 83.1 Å². The lowest BCUT2D eigenvalue weighted by atomic mass is 10.0. The zero-order valence-corrected chi connectivity index (χ0v) is 19.0. The Labute approximate surface area is 197 Å². The van der Waals surface area contributed by atoms with Crippen LogP contribution in [0.15, 0.2) is 95.2 Å². The molecule has 0 aliphatic rings. The zero-order valence-electron chi connectivity index (χ0n) is 19.0. The summed E-state index contributed by atoms with van der Waals surface area (Å²) in [6.45, 7) is 3.52. The van der Waals surface area contributed by atoms with Gasteiger partial charge < -0.3 is 9.68 Å². The smallest absolute Gasteiger partial charge is 0.318 e. The van der Waals surface area contributed by atoms with Gasteiger partial charge in [0.1, 0.15) is 0 Å². The molecule has 0 atom stereocenters. The molecule has 34 heavy (non-hydrogen) atoms. The fraction of sp³-hybridized carbons (Fsp3) is 0.143. The molecule has 0 heterocycles. The molecule has 0 aliphatic heterocycles. The molecule has 0 saturated heterocycles. The summed E-state index contributed by atoms with van der Waals surface area (Å²) in [5.41, 5.74) is 2.84. The van der Waals surface area contributed by atoms with Gasteiger partial charge in [0.05, 0.1) is 24.3 Å². The summed E-state index contributed by atoms with van der Waals surface area (Å²) in [5.74, 6) is -1.24. The average Bonchev–Trinajstić information content (AvgIpc) is 2.88. The lowest BCUT2D eigenvalue weighted by molar-refractivity contribution is -0.150. The predicted molar refractivity (Wildman–Crippen MR) is 134 cm³/mol. The zero-order chi connectivity index (χ0) is 23.9. The molecule has 0 N–H and O–H groups in total. The van der Waals surface area contributed by atoms with E-state index in [1.54, 1.807) is 13.8 Å². The van der Waals surface area contributed by atoms with Crippen LogP contribution >= 0.6 is 0 Å². The van der Waals surface area contributed by atoms with Crippen LogP contribution in [0.2, 0.25) is 0 Å². The van der Waals surface area contributed by atoms with Crippen LogP contribution in [0.1, 0.15) is 37.8 Å². The Morgan fingerprint density at radius 1 is 0.588 bits per heavy atom. The van der Waals surface area contributed by atoms with Crippen LogP contribution < -0.4 is 0 Å². The molecule has 4 aromatic carbocycles. The molecular formula is C28H24N2O4. The van der Waals surface area contributed by atoms with Gasteiger partial charge in [0.15, 0.2) is 0 Å². The maximum absolute atomic E-state index is 12.0. The van der Waals surface area contributed by atoms with Gasteiger partial charge in [0.25, 0.3) is 0 Å². The Balaban J connectivity index is 1.27. The van der Waals surface area contributed by atoms with Gasteiger partial charge in [-0.25, -0.2) is 9.59 Å². The van der Waals surface area contributed by atoms with Crippen LogP contribution in [0, 0.1) is 0 Å². The van der Waals surface area contributed by atoms with Crippen molar-refractivity contribution in [2.75, 3.05) is 0 Å². The highest BCUT2D eigenvalue weighted by molar-refractivity contribution is 6.02. The Morgan fingerprint density at radius 3 is 1.38 bits per heavy atom. The molecule has 4 rings (SSSR count). The van der Waals surface area contributed by atoms with E-state index < -0.39 is 11.9 Å². The fourth-order valence-electron chi connectivity index (χ4n) is 3.47. The molecule has 0 fully saturated rings. The topological polar surface area (TPSA) is 77.3 Å². The van der Waals surface area contributed by atoms with E-state index in [1.165, 1.54) is 0 Å². The molecule has 0 aromatic heterocycles. The molecule has 170 valence electrons. The lowest BCUT2D eigenvalue weighted by Crippen LogP contribution is -2.08. The maximum Gasteiger partial charge on any atom is 0.335 e. The van der Waals surface area contributed by atoms with Crippen molar-refractivity contribution in [2.45, 2.75) is 26.7 Å². The molecular weight excluding hydrogens is 428 g/mol. The van der Waals surface area contributed by atoms with Gasteiger partial charge in [0, 0.05) is 0 Å². The maximum atomic E-state index is 12.0. The fourth-order valence-corrected chi connectivity index (χ4v) is 3.47. The van der Waals surface area contributed by atoms with Crippen LogP contribution in [-0.2, 0) is 19.3 Å². The van der Waals surface area contributed by atoms with Crippen molar-refractivity contribution >= 4 is 44.9 Å². The van der Waals surface area contributed by atoms with Gasteiger partial charge in [-0.05, 0) is 58.7 Å². The van der Waals surface area contributed by atoms with E-state index >= 15 is 0 Å². The number of fused-ring (bicyclic) bond motifs is 2. The summed E-state index contributed by atoms with van der Waals surface area (Å²) in [6.07, 6.45) is -0.310. The standard InChI is InChI=1S/C28H24N2O4/c1-19(23-13-11-21-7-3-5-9-25(21)17-23)29-33-27(31)15-16-28(32)34-30-20(2)24-14-12-22-8-4-6-10-26(22)18-24/h3-14,17-18H,15-16H2,1-2H3. The first-order chi connectivity index (χ1) is 16.5. The highest BCUT2D eigenvalue weighted by Crippen LogP contribution is 2.17. The van der Waals surface area contributed by atoms with Gasteiger partial charge >= 0.3 is 11.9 Å². The van der Waals surface area contributed by atoms with Crippen molar-refractivity contribution < 1.29 is 19.3 Å². The van der Waals surface area contributed by atoms with Crippen molar-refractivity contribution in [3.05, 3.63) is 96.1 Å². The third-order valence-corrected chi connectivity index (χ3v) is 5.44. The quantitative estimate of drug-likeness (QED) is 0.195. The summed E-state index contributed by atoms with van der Waals surface area (Å²) in [4.78, 5) is 33.9. The van der Waals surface area contributed by atoms with E-state index in [0.29, 0.717) is 11.4 Å². The Hall–Kier alpha value is -4.32. The first-order valence-corrected chi connectivity index (χ1v) is 11.0. The number of rotatable bonds is 7. The molecule has 6 nitrogen and oxygen atoms in total. The molecule has 6 heteroatoms. The van der Waals surface area contributed by atoms with E-state index in [1.807, 2.05) is 84.9 Å². The second-order valence-electron chi connectivity index (χ2n) is 7.90. The van der Waals surface area contributed by atoms with Crippen LogP contribution in [0.25, 0.3) is 21.5 Å². The van der Waals surface area contributed by atoms with Crippen LogP contribution in [0.3, 0.4) is 0 Å². The Morgan fingerprint density at radius 2 is 0.971 bits per heavy atom. The predicted octanol–water partition coefficient (Wildman–Crippen LogP) is 6.01. The van der Waals surface area contributed by atoms with E-state index in [4.69, 9.17) is 9.68 Å². The molecule has 0 spiro atoms. The summed E-state index contributed by atoms with van der Waals surface area (Å²) in [6, 6.07) is 27.7. The average molecular weight is 453 g/mol. The number of oxime groups is 2. The molecule has 0 radical (unpaired) electrons. The minimum atomic E-state index is -0.618. The van der Waals surface area contributed by atoms with Crippen molar-refractivity contribution in [1.29, 1.82) is 0 Å². The van der Waals surface area contributed by atoms with Crippen LogP contribution in [0.5, 0.6) is 0 Å². The Bertz CT molecular complexity index is 1310. The molecule has 4 aromatic rings. The SMILES string of the molecule is CC(=NOC(=O)CCC(=O)ON=C(C)c1ccc2ccccc2c1)c1ccc2ccccc2c1. The summed E-state index contributed by atoms with van der Waals surface area (Å²) in [7, 11) is 0. The first-order valence-electron chi connectivity index (χ1n) is 11.0. The number of hydrogen-bond acceptors (Lipinski definition) is 6. The number of nitrogens with zero attached hydrogens (tertiary/aromatic N) is 2. The van der Waals surface area contributed by atoms with Gasteiger partial charge in [-0.2, -0.15) is 0 Å². The van der Waals surface area contributed by atoms with Crippen molar-refractivity contribution in [1.82, 2.24) is 0 Å². The van der Waals surface area contributed by atoms with E-state index in [-0.39, 0.29) is 12.8 Å². The molecule has 0 bridgehead atoms. The monoisotopic (exact) mass is 452 g/mol. The van der Waals surface area contributed by atoms with E-state index in [2.05, 4.69) is 10.3 Å². The van der Waals surface area contributed by atoms with Crippen molar-refractivity contribution in [3.63, 3.8) is 0 Å². The van der Waals surface area contributed by atoms with Crippen molar-refractivity contribution in [2.24, 2.45) is 10.3 Å². The molecule has 0 aliphatic carbocycles. The number of benzene rings is 4. The minimum Gasteiger partial charge on any atom is -0.318 e. The second kappa shape index (κ2) is 10.5. The van der Waals surface area contributed by atoms with E-state index in [0.717, 1.165) is 32.7 Å². The van der Waals surface area contributed by atoms with Crippen LogP contribution in [0.4, 0.5) is 0 Å². The third kappa shape index (κ3) is 5.72. The number of carbonyl (C=O) groups excluding carboxylic acids is 2. The molecule has 0 amide bonds. The minimum absolute atomic E-state index is 0.155. The van der Waals surface area contributed by atoms with Crippen molar-refractivity contribution in [3.8, 4) is 0 Å².